The van der Waals surface area contributed by atoms with Crippen molar-refractivity contribution in [2.24, 2.45) is 0 Å². The van der Waals surface area contributed by atoms with E-state index in [1.807, 2.05) is 5.38 Å². The third kappa shape index (κ3) is 3.94. The van der Waals surface area contributed by atoms with Gasteiger partial charge in [0.05, 0.1) is 12.8 Å². The van der Waals surface area contributed by atoms with Gasteiger partial charge in [-0.05, 0) is 23.6 Å². The SMILES string of the molecule is O=C(NCc1ccco1)C(=O)NCC(O)c1cccs1. The number of amides is 2. The first-order valence-corrected chi connectivity index (χ1v) is 6.84. The van der Waals surface area contributed by atoms with Crippen molar-refractivity contribution in [1.82, 2.24) is 10.6 Å². The molecule has 1 atom stereocenters. The number of hydrogen-bond acceptors (Lipinski definition) is 5. The van der Waals surface area contributed by atoms with E-state index in [0.29, 0.717) is 5.76 Å². The first-order valence-electron chi connectivity index (χ1n) is 5.96. The number of furan rings is 1. The Bertz CT molecular complexity index is 551. The summed E-state index contributed by atoms with van der Waals surface area (Å²) in [7, 11) is 0. The summed E-state index contributed by atoms with van der Waals surface area (Å²) in [5, 5.41) is 16.4. The van der Waals surface area contributed by atoms with Gasteiger partial charge in [-0.15, -0.1) is 11.3 Å². The molecule has 0 aliphatic rings. The minimum atomic E-state index is -0.808. The van der Waals surface area contributed by atoms with Crippen LogP contribution in [0, 0.1) is 0 Å². The highest BCUT2D eigenvalue weighted by Gasteiger charge is 2.16. The van der Waals surface area contributed by atoms with E-state index in [2.05, 4.69) is 10.6 Å². The standard InChI is InChI=1S/C13H14N2O4S/c16-10(11-4-2-6-20-11)8-15-13(18)12(17)14-7-9-3-1-5-19-9/h1-6,10,16H,7-8H2,(H,14,17)(H,15,18). The fourth-order valence-electron chi connectivity index (χ4n) is 1.51. The van der Waals surface area contributed by atoms with Gasteiger partial charge in [0.1, 0.15) is 11.9 Å². The van der Waals surface area contributed by atoms with Gasteiger partial charge in [0.25, 0.3) is 0 Å². The number of rotatable bonds is 5. The predicted octanol–water partition coefficient (Wildman–Crippen LogP) is 0.807. The summed E-state index contributed by atoms with van der Waals surface area (Å²) in [5.74, 6) is -0.989. The van der Waals surface area contributed by atoms with Crippen LogP contribution >= 0.6 is 11.3 Å². The Kier molecular flexibility index (Phi) is 4.91. The van der Waals surface area contributed by atoms with Crippen LogP contribution in [0.2, 0.25) is 0 Å². The molecule has 0 saturated heterocycles. The van der Waals surface area contributed by atoms with Gasteiger partial charge in [-0.2, -0.15) is 0 Å². The van der Waals surface area contributed by atoms with Gasteiger partial charge >= 0.3 is 11.8 Å². The van der Waals surface area contributed by atoms with Gasteiger partial charge in [0.2, 0.25) is 0 Å². The number of aliphatic hydroxyl groups is 1. The third-order valence-corrected chi connectivity index (χ3v) is 3.51. The summed E-state index contributed by atoms with van der Waals surface area (Å²) in [5.41, 5.74) is 0. The van der Waals surface area contributed by atoms with Gasteiger partial charge < -0.3 is 20.2 Å². The predicted molar refractivity (Wildman–Crippen MR) is 72.8 cm³/mol. The Morgan fingerprint density at radius 2 is 2.05 bits per heavy atom. The van der Waals surface area contributed by atoms with Crippen LogP contribution in [-0.2, 0) is 16.1 Å². The van der Waals surface area contributed by atoms with E-state index in [-0.39, 0.29) is 13.1 Å². The summed E-state index contributed by atoms with van der Waals surface area (Å²) in [4.78, 5) is 23.7. The number of carbonyl (C=O) groups excluding carboxylic acids is 2. The van der Waals surface area contributed by atoms with Crippen molar-refractivity contribution < 1.29 is 19.1 Å². The van der Waals surface area contributed by atoms with Gasteiger partial charge in [0.15, 0.2) is 0 Å². The summed E-state index contributed by atoms with van der Waals surface area (Å²) in [6, 6.07) is 6.96. The van der Waals surface area contributed by atoms with Crippen molar-refractivity contribution in [2.75, 3.05) is 6.54 Å². The Morgan fingerprint density at radius 3 is 2.70 bits per heavy atom. The van der Waals surface area contributed by atoms with E-state index in [4.69, 9.17) is 4.42 Å². The molecule has 0 fully saturated rings. The van der Waals surface area contributed by atoms with E-state index >= 15 is 0 Å². The van der Waals surface area contributed by atoms with Gasteiger partial charge in [0, 0.05) is 11.4 Å². The Balaban J connectivity index is 1.72. The molecule has 1 unspecified atom stereocenters. The lowest BCUT2D eigenvalue weighted by Gasteiger charge is -2.09. The minimum Gasteiger partial charge on any atom is -0.467 e. The number of aliphatic hydroxyl groups excluding tert-OH is 1. The zero-order valence-electron chi connectivity index (χ0n) is 10.5. The molecule has 2 heterocycles. The molecular weight excluding hydrogens is 280 g/mol. The Labute approximate surface area is 119 Å². The monoisotopic (exact) mass is 294 g/mol. The van der Waals surface area contributed by atoms with E-state index in [0.717, 1.165) is 4.88 Å². The summed E-state index contributed by atoms with van der Waals surface area (Å²) < 4.78 is 5.03. The van der Waals surface area contributed by atoms with Crippen molar-refractivity contribution >= 4 is 23.2 Å². The molecule has 106 valence electrons. The molecule has 2 rings (SSSR count). The molecule has 20 heavy (non-hydrogen) atoms. The van der Waals surface area contributed by atoms with E-state index in [1.54, 1.807) is 24.3 Å². The lowest BCUT2D eigenvalue weighted by molar-refractivity contribution is -0.139. The van der Waals surface area contributed by atoms with Gasteiger partial charge in [-0.1, -0.05) is 6.07 Å². The number of thiophene rings is 1. The van der Waals surface area contributed by atoms with Crippen LogP contribution in [0.15, 0.2) is 40.3 Å². The summed E-state index contributed by atoms with van der Waals surface area (Å²) in [6.45, 7) is 0.139. The second-order valence-corrected chi connectivity index (χ2v) is 4.98. The van der Waals surface area contributed by atoms with Crippen LogP contribution in [0.4, 0.5) is 0 Å². The van der Waals surface area contributed by atoms with Crippen LogP contribution in [0.3, 0.4) is 0 Å². The average molecular weight is 294 g/mol. The third-order valence-electron chi connectivity index (χ3n) is 2.54. The maximum absolute atomic E-state index is 11.5. The lowest BCUT2D eigenvalue weighted by Crippen LogP contribution is -2.41. The maximum atomic E-state index is 11.5. The first-order chi connectivity index (χ1) is 9.66. The first kappa shape index (κ1) is 14.3. The molecule has 0 aromatic carbocycles. The van der Waals surface area contributed by atoms with Crippen LogP contribution in [0.5, 0.6) is 0 Å². The fourth-order valence-corrected chi connectivity index (χ4v) is 2.22. The molecule has 0 radical (unpaired) electrons. The van der Waals surface area contributed by atoms with E-state index in [1.165, 1.54) is 17.6 Å². The zero-order valence-corrected chi connectivity index (χ0v) is 11.4. The fraction of sp³-hybridized carbons (Fsp3) is 0.231. The highest BCUT2D eigenvalue weighted by molar-refractivity contribution is 7.10. The van der Waals surface area contributed by atoms with E-state index < -0.39 is 17.9 Å². The molecule has 0 bridgehead atoms. The summed E-state index contributed by atoms with van der Waals surface area (Å²) >= 11 is 1.39. The van der Waals surface area contributed by atoms with Crippen molar-refractivity contribution in [3.05, 3.63) is 46.5 Å². The highest BCUT2D eigenvalue weighted by atomic mass is 32.1. The molecule has 2 amide bonds. The molecule has 0 saturated carbocycles. The topological polar surface area (TPSA) is 91.6 Å². The molecule has 3 N–H and O–H groups in total. The Hall–Kier alpha value is -2.12. The normalized spacial score (nSPS) is 11.8. The van der Waals surface area contributed by atoms with E-state index in [9.17, 15) is 14.7 Å². The van der Waals surface area contributed by atoms with Crippen molar-refractivity contribution in [2.45, 2.75) is 12.6 Å². The van der Waals surface area contributed by atoms with Crippen LogP contribution in [-0.4, -0.2) is 23.5 Å². The lowest BCUT2D eigenvalue weighted by atomic mass is 10.3. The number of carbonyl (C=O) groups is 2. The maximum Gasteiger partial charge on any atom is 0.309 e. The van der Waals surface area contributed by atoms with Crippen molar-refractivity contribution in [3.63, 3.8) is 0 Å². The largest absolute Gasteiger partial charge is 0.467 e. The molecule has 0 aliphatic heterocycles. The second-order valence-electron chi connectivity index (χ2n) is 4.00. The average Bonchev–Trinajstić information content (AvgIpc) is 3.13. The van der Waals surface area contributed by atoms with Gasteiger partial charge in [-0.25, -0.2) is 0 Å². The molecule has 6 nitrogen and oxygen atoms in total. The quantitative estimate of drug-likeness (QED) is 0.712. The van der Waals surface area contributed by atoms with Crippen molar-refractivity contribution in [3.8, 4) is 0 Å². The van der Waals surface area contributed by atoms with Crippen molar-refractivity contribution in [1.29, 1.82) is 0 Å². The zero-order chi connectivity index (χ0) is 14.4. The Morgan fingerprint density at radius 1 is 1.25 bits per heavy atom. The van der Waals surface area contributed by atoms with Gasteiger partial charge in [-0.3, -0.25) is 9.59 Å². The molecular formula is C13H14N2O4S. The second kappa shape index (κ2) is 6.88. The molecule has 0 aliphatic carbocycles. The molecule has 2 aromatic rings. The molecule has 7 heteroatoms. The molecule has 2 aromatic heterocycles. The van der Waals surface area contributed by atoms with Crippen LogP contribution in [0.1, 0.15) is 16.7 Å². The minimum absolute atomic E-state index is 0.00643. The molecule has 0 spiro atoms. The summed E-state index contributed by atoms with van der Waals surface area (Å²) in [6.07, 6.45) is 0.677. The highest BCUT2D eigenvalue weighted by Crippen LogP contribution is 2.17. The van der Waals surface area contributed by atoms with Crippen LogP contribution < -0.4 is 10.6 Å². The number of nitrogens with one attached hydrogen (secondary N) is 2. The number of hydrogen-bond donors (Lipinski definition) is 3. The smallest absolute Gasteiger partial charge is 0.309 e. The van der Waals surface area contributed by atoms with Crippen LogP contribution in [0.25, 0.3) is 0 Å².